The van der Waals surface area contributed by atoms with E-state index in [1.54, 1.807) is 54.6 Å². The normalized spacial score (nSPS) is 16.8. The standard InChI is InChI=1S/C17H16N2O5S.C16H36N/c20-14(11-12-7-3-1-4-8-12)18-15-16(13-9-5-2-6-10-13)19(17(15)21)25(22,23)24;1-5-9-13-17(14-10-6-2,15-11-7-3)16-12-8-4/h1-10,15-16H,11H2,(H,18,20)(H,22,23,24);5-16H2,1-4H3/q;+1/t15-,16-;/m1./s1. The van der Waals surface area contributed by atoms with Crippen LogP contribution in [0.2, 0.25) is 0 Å². The highest BCUT2D eigenvalue weighted by Crippen LogP contribution is 2.37. The minimum Gasteiger partial charge on any atom is -0.342 e. The van der Waals surface area contributed by atoms with Gasteiger partial charge in [0.05, 0.1) is 32.6 Å². The van der Waals surface area contributed by atoms with Crippen LogP contribution in [0.15, 0.2) is 60.7 Å². The van der Waals surface area contributed by atoms with Crippen molar-refractivity contribution in [3.63, 3.8) is 0 Å². The van der Waals surface area contributed by atoms with Gasteiger partial charge in [-0.1, -0.05) is 114 Å². The van der Waals surface area contributed by atoms with Crippen molar-refractivity contribution in [3.8, 4) is 0 Å². The van der Waals surface area contributed by atoms with Crippen LogP contribution in [0.5, 0.6) is 0 Å². The molecule has 1 aliphatic rings. The minimum absolute atomic E-state index is 0.0675. The Morgan fingerprint density at radius 3 is 1.62 bits per heavy atom. The second-order valence-electron chi connectivity index (χ2n) is 11.3. The summed E-state index contributed by atoms with van der Waals surface area (Å²) in [5.41, 5.74) is 1.28. The first kappa shape index (κ1) is 35.4. The van der Waals surface area contributed by atoms with Crippen LogP contribution in [0, 0.1) is 0 Å². The number of carbonyl (C=O) groups is 2. The van der Waals surface area contributed by atoms with Gasteiger partial charge in [-0.05, 0) is 36.8 Å². The van der Waals surface area contributed by atoms with E-state index in [0.717, 1.165) is 5.56 Å². The van der Waals surface area contributed by atoms with E-state index in [-0.39, 0.29) is 6.42 Å². The van der Waals surface area contributed by atoms with Gasteiger partial charge in [-0.15, -0.1) is 0 Å². The third-order valence-corrected chi connectivity index (χ3v) is 8.81. The Balaban J connectivity index is 0.000000319. The largest absolute Gasteiger partial charge is 0.362 e. The summed E-state index contributed by atoms with van der Waals surface area (Å²) in [6.07, 6.45) is 11.1. The fourth-order valence-corrected chi connectivity index (χ4v) is 6.36. The predicted octanol–water partition coefficient (Wildman–Crippen LogP) is 6.10. The van der Waals surface area contributed by atoms with Crippen LogP contribution in [0.1, 0.15) is 96.2 Å². The van der Waals surface area contributed by atoms with Crippen LogP contribution in [0.3, 0.4) is 0 Å². The summed E-state index contributed by atoms with van der Waals surface area (Å²) in [6, 6.07) is 15.3. The first-order valence-electron chi connectivity index (χ1n) is 15.7. The zero-order chi connectivity index (χ0) is 31.0. The number of unbranched alkanes of at least 4 members (excludes halogenated alkanes) is 4. The van der Waals surface area contributed by atoms with Crippen LogP contribution in [0.25, 0.3) is 0 Å². The first-order chi connectivity index (χ1) is 20.1. The van der Waals surface area contributed by atoms with Crippen molar-refractivity contribution < 1.29 is 27.0 Å². The maximum atomic E-state index is 12.2. The average Bonchev–Trinajstić information content (AvgIpc) is 2.98. The van der Waals surface area contributed by atoms with Gasteiger partial charge in [0.25, 0.3) is 5.91 Å². The Hall–Kier alpha value is -2.75. The van der Waals surface area contributed by atoms with E-state index in [1.165, 1.54) is 82.0 Å². The Morgan fingerprint density at radius 2 is 1.21 bits per heavy atom. The van der Waals surface area contributed by atoms with Crippen molar-refractivity contribution in [1.29, 1.82) is 0 Å². The molecule has 2 N–H and O–H groups in total. The predicted molar refractivity (Wildman–Crippen MR) is 169 cm³/mol. The monoisotopic (exact) mass is 602 g/mol. The van der Waals surface area contributed by atoms with Crippen LogP contribution in [0.4, 0.5) is 0 Å². The van der Waals surface area contributed by atoms with E-state index in [9.17, 15) is 22.6 Å². The molecule has 1 fully saturated rings. The summed E-state index contributed by atoms with van der Waals surface area (Å²) >= 11 is 0. The second-order valence-corrected chi connectivity index (χ2v) is 12.6. The molecule has 0 spiro atoms. The van der Waals surface area contributed by atoms with Gasteiger partial charge in [0.15, 0.2) is 0 Å². The van der Waals surface area contributed by atoms with Gasteiger partial charge < -0.3 is 9.80 Å². The lowest BCUT2D eigenvalue weighted by atomic mass is 9.91. The maximum Gasteiger partial charge on any atom is 0.362 e. The number of quaternary nitrogens is 1. The van der Waals surface area contributed by atoms with Gasteiger partial charge in [-0.3, -0.25) is 14.1 Å². The highest BCUT2D eigenvalue weighted by atomic mass is 32.2. The lowest BCUT2D eigenvalue weighted by Crippen LogP contribution is -2.66. The van der Waals surface area contributed by atoms with Gasteiger partial charge in [0.2, 0.25) is 5.91 Å². The maximum absolute atomic E-state index is 12.2. The summed E-state index contributed by atoms with van der Waals surface area (Å²) < 4.78 is 34.1. The number of hydrogen-bond acceptors (Lipinski definition) is 4. The highest BCUT2D eigenvalue weighted by Gasteiger charge is 2.54. The van der Waals surface area contributed by atoms with E-state index in [1.807, 2.05) is 6.07 Å². The molecular formula is C33H52N3O5S+. The third kappa shape index (κ3) is 10.8. The van der Waals surface area contributed by atoms with Crippen molar-refractivity contribution in [2.24, 2.45) is 0 Å². The number of benzene rings is 2. The highest BCUT2D eigenvalue weighted by molar-refractivity contribution is 7.84. The van der Waals surface area contributed by atoms with Gasteiger partial charge in [-0.25, -0.2) is 4.31 Å². The van der Waals surface area contributed by atoms with Crippen molar-refractivity contribution in [3.05, 3.63) is 71.8 Å². The average molecular weight is 603 g/mol. The van der Waals surface area contributed by atoms with Gasteiger partial charge in [-0.2, -0.15) is 8.42 Å². The van der Waals surface area contributed by atoms with Crippen molar-refractivity contribution in [1.82, 2.24) is 9.62 Å². The molecule has 2 amide bonds. The number of hydrogen-bond donors (Lipinski definition) is 2. The molecule has 1 heterocycles. The van der Waals surface area contributed by atoms with E-state index < -0.39 is 34.2 Å². The molecule has 2 atom stereocenters. The molecule has 0 saturated carbocycles. The lowest BCUT2D eigenvalue weighted by molar-refractivity contribution is -0.929. The first-order valence-corrected chi connectivity index (χ1v) is 17.1. The molecular weight excluding hydrogens is 550 g/mol. The number of nitrogens with one attached hydrogen (secondary N) is 1. The Bertz CT molecular complexity index is 1140. The van der Waals surface area contributed by atoms with E-state index in [0.29, 0.717) is 9.87 Å². The van der Waals surface area contributed by atoms with E-state index in [2.05, 4.69) is 33.0 Å². The van der Waals surface area contributed by atoms with Crippen molar-refractivity contribution >= 4 is 22.1 Å². The van der Waals surface area contributed by atoms with Gasteiger partial charge in [0.1, 0.15) is 12.1 Å². The number of rotatable bonds is 17. The van der Waals surface area contributed by atoms with Crippen molar-refractivity contribution in [2.45, 2.75) is 97.6 Å². The molecule has 2 aromatic carbocycles. The molecule has 0 bridgehead atoms. The van der Waals surface area contributed by atoms with Crippen LogP contribution in [-0.4, -0.2) is 65.8 Å². The Kier molecular flexibility index (Phi) is 15.2. The number of nitrogens with zero attached hydrogens (tertiary/aromatic N) is 2. The molecule has 3 rings (SSSR count). The Labute approximate surface area is 254 Å². The molecule has 8 nitrogen and oxygen atoms in total. The van der Waals surface area contributed by atoms with Crippen LogP contribution < -0.4 is 5.32 Å². The fourth-order valence-electron chi connectivity index (χ4n) is 5.49. The van der Waals surface area contributed by atoms with E-state index >= 15 is 0 Å². The summed E-state index contributed by atoms with van der Waals surface area (Å²) in [7, 11) is -4.71. The number of β-lactam (4-membered cyclic amide) rings is 1. The van der Waals surface area contributed by atoms with Crippen molar-refractivity contribution in [2.75, 3.05) is 26.2 Å². The molecule has 0 radical (unpaired) electrons. The quantitative estimate of drug-likeness (QED) is 0.129. The third-order valence-electron chi connectivity index (χ3n) is 7.91. The molecule has 0 aromatic heterocycles. The molecule has 0 unspecified atom stereocenters. The van der Waals surface area contributed by atoms with Gasteiger partial charge >= 0.3 is 10.3 Å². The molecule has 0 aliphatic carbocycles. The smallest absolute Gasteiger partial charge is 0.342 e. The summed E-state index contributed by atoms with van der Waals surface area (Å²) in [4.78, 5) is 24.4. The zero-order valence-corrected chi connectivity index (χ0v) is 26.8. The molecule has 1 aliphatic heterocycles. The Morgan fingerprint density at radius 1 is 0.786 bits per heavy atom. The number of amides is 2. The lowest BCUT2D eigenvalue weighted by Gasteiger charge is -2.44. The van der Waals surface area contributed by atoms with Gasteiger partial charge in [0, 0.05) is 0 Å². The van der Waals surface area contributed by atoms with Crippen LogP contribution >= 0.6 is 0 Å². The molecule has 2 aromatic rings. The molecule has 1 saturated heterocycles. The number of carbonyl (C=O) groups excluding carboxylic acids is 2. The molecule has 234 valence electrons. The zero-order valence-electron chi connectivity index (χ0n) is 26.0. The second kappa shape index (κ2) is 18.0. The van der Waals surface area contributed by atoms with E-state index in [4.69, 9.17) is 0 Å². The summed E-state index contributed by atoms with van der Waals surface area (Å²) in [5.74, 6) is -1.27. The topological polar surface area (TPSA) is 104 Å². The summed E-state index contributed by atoms with van der Waals surface area (Å²) in [5, 5.41) is 2.56. The SMILES string of the molecule is CCCC[N+](CCCC)(CCCC)CCCC.O=C(Cc1ccccc1)N[C@H]1C(=O)N(S(=O)(=O)O)[C@@H]1c1ccccc1. The minimum atomic E-state index is -4.71. The molecule has 42 heavy (non-hydrogen) atoms. The summed E-state index contributed by atoms with van der Waals surface area (Å²) in [6.45, 7) is 15.0. The molecule has 9 heteroatoms. The fraction of sp³-hybridized carbons (Fsp3) is 0.576. The van der Waals surface area contributed by atoms with Crippen LogP contribution in [-0.2, 0) is 26.3 Å².